The Labute approximate surface area is 215 Å². The molecular formula is C30H29FN4O2. The summed E-state index contributed by atoms with van der Waals surface area (Å²) in [5.74, 6) is -1.29. The first-order valence-corrected chi connectivity index (χ1v) is 12.7. The molecule has 0 unspecified atom stereocenters. The summed E-state index contributed by atoms with van der Waals surface area (Å²) < 4.78 is 17.1. The second kappa shape index (κ2) is 8.83. The molecule has 4 aromatic rings. The van der Waals surface area contributed by atoms with Crippen LogP contribution in [0.1, 0.15) is 52.7 Å². The number of nitrogens with zero attached hydrogens (tertiary/aromatic N) is 3. The fourth-order valence-electron chi connectivity index (χ4n) is 5.99. The molecule has 0 saturated heterocycles. The van der Waals surface area contributed by atoms with E-state index >= 15 is 4.39 Å². The molecule has 0 aliphatic heterocycles. The highest BCUT2D eigenvalue weighted by atomic mass is 19.1. The molecule has 1 saturated carbocycles. The fraction of sp³-hybridized carbons (Fsp3) is 0.300. The maximum Gasteiger partial charge on any atom is 0.307 e. The predicted molar refractivity (Wildman–Crippen MR) is 141 cm³/mol. The van der Waals surface area contributed by atoms with Gasteiger partial charge in [0.15, 0.2) is 0 Å². The first-order valence-electron chi connectivity index (χ1n) is 12.7. The van der Waals surface area contributed by atoms with Crippen LogP contribution in [0.25, 0.3) is 22.4 Å². The van der Waals surface area contributed by atoms with Crippen molar-refractivity contribution in [2.75, 3.05) is 5.32 Å². The van der Waals surface area contributed by atoms with E-state index in [1.165, 1.54) is 0 Å². The number of carboxylic acid groups (broad SMARTS) is 1. The first kappa shape index (κ1) is 23.4. The van der Waals surface area contributed by atoms with Crippen molar-refractivity contribution in [3.05, 3.63) is 88.6 Å². The molecule has 2 aliphatic rings. The minimum atomic E-state index is -0.764. The van der Waals surface area contributed by atoms with Gasteiger partial charge in [0.1, 0.15) is 5.82 Å². The van der Waals surface area contributed by atoms with Crippen LogP contribution in [0.3, 0.4) is 0 Å². The number of halogens is 1. The highest BCUT2D eigenvalue weighted by Crippen LogP contribution is 2.47. The second-order valence-corrected chi connectivity index (χ2v) is 10.3. The number of aliphatic carboxylic acids is 1. The average Bonchev–Trinajstić information content (AvgIpc) is 3.39. The molecule has 6 rings (SSSR count). The average molecular weight is 497 g/mol. The molecule has 2 aliphatic carbocycles. The normalized spacial score (nSPS) is 20.1. The summed E-state index contributed by atoms with van der Waals surface area (Å²) in [4.78, 5) is 15.7. The Bertz CT molecular complexity index is 1500. The van der Waals surface area contributed by atoms with Gasteiger partial charge in [-0.1, -0.05) is 6.07 Å². The highest BCUT2D eigenvalue weighted by molar-refractivity contribution is 5.79. The SMILES string of the molecule is Cc1cc(-c2ccnn2C)cc(C)c1-c1ccc(F)c2c1CC[C@H]2Nc1ccc([C@H]2C[C@@H]2C(=O)O)nc1. The quantitative estimate of drug-likeness (QED) is 0.333. The van der Waals surface area contributed by atoms with Crippen LogP contribution in [0.5, 0.6) is 0 Å². The lowest BCUT2D eigenvalue weighted by molar-refractivity contribution is -0.138. The molecule has 2 N–H and O–H groups in total. The largest absolute Gasteiger partial charge is 0.481 e. The fourth-order valence-corrected chi connectivity index (χ4v) is 5.99. The maximum absolute atomic E-state index is 15.2. The number of nitrogens with one attached hydrogen (secondary N) is 1. The van der Waals surface area contributed by atoms with Crippen LogP contribution in [-0.2, 0) is 18.3 Å². The standard InChI is InChI=1S/C30H29FN4O2/c1-16-12-18(27-10-11-33-35(27)3)13-17(2)28(16)20-5-7-24(31)29-21(20)6-9-26(29)34-19-4-8-25(32-15-19)22-14-23(22)30(36)37/h4-5,7-8,10-13,15,22-23,26,34H,6,9,14H2,1-3H3,(H,36,37)/t22-,23-,26+/m0/s1. The van der Waals surface area contributed by atoms with Gasteiger partial charge in [-0.3, -0.25) is 14.5 Å². The molecule has 188 valence electrons. The summed E-state index contributed by atoms with van der Waals surface area (Å²) >= 11 is 0. The third-order valence-corrected chi connectivity index (χ3v) is 7.87. The van der Waals surface area contributed by atoms with Gasteiger partial charge in [0.25, 0.3) is 0 Å². The van der Waals surface area contributed by atoms with E-state index < -0.39 is 5.97 Å². The van der Waals surface area contributed by atoms with Gasteiger partial charge in [-0.15, -0.1) is 0 Å². The molecule has 6 nitrogen and oxygen atoms in total. The number of carboxylic acids is 1. The molecule has 2 aromatic carbocycles. The number of hydrogen-bond donors (Lipinski definition) is 2. The number of carbonyl (C=O) groups is 1. The van der Waals surface area contributed by atoms with Crippen molar-refractivity contribution in [1.82, 2.24) is 14.8 Å². The predicted octanol–water partition coefficient (Wildman–Crippen LogP) is 6.19. The highest BCUT2D eigenvalue weighted by Gasteiger charge is 2.45. The number of rotatable bonds is 6. The van der Waals surface area contributed by atoms with Crippen LogP contribution in [0.15, 0.2) is 54.9 Å². The van der Waals surface area contributed by atoms with E-state index in [4.69, 9.17) is 0 Å². The Morgan fingerprint density at radius 1 is 1.14 bits per heavy atom. The number of aryl methyl sites for hydroxylation is 3. The zero-order valence-corrected chi connectivity index (χ0v) is 21.1. The van der Waals surface area contributed by atoms with Gasteiger partial charge in [0.05, 0.1) is 29.5 Å². The van der Waals surface area contributed by atoms with Gasteiger partial charge < -0.3 is 10.4 Å². The van der Waals surface area contributed by atoms with Crippen LogP contribution in [0, 0.1) is 25.6 Å². The molecule has 3 atom stereocenters. The van der Waals surface area contributed by atoms with Crippen molar-refractivity contribution in [2.45, 2.75) is 45.1 Å². The monoisotopic (exact) mass is 496 g/mol. The van der Waals surface area contributed by atoms with Gasteiger partial charge in [0.2, 0.25) is 0 Å². The summed E-state index contributed by atoms with van der Waals surface area (Å²) in [5, 5.41) is 16.9. The number of aromatic nitrogens is 3. The Morgan fingerprint density at radius 3 is 2.54 bits per heavy atom. The first-order chi connectivity index (χ1) is 17.8. The molecule has 2 heterocycles. The van der Waals surface area contributed by atoms with Crippen LogP contribution in [0.2, 0.25) is 0 Å². The number of anilines is 1. The molecule has 1 fully saturated rings. The summed E-state index contributed by atoms with van der Waals surface area (Å²) in [5.41, 5.74) is 10.1. The lowest BCUT2D eigenvalue weighted by Crippen LogP contribution is -2.10. The van der Waals surface area contributed by atoms with E-state index in [2.05, 4.69) is 41.4 Å². The van der Waals surface area contributed by atoms with E-state index in [0.717, 1.165) is 68.9 Å². The minimum Gasteiger partial charge on any atom is -0.481 e. The van der Waals surface area contributed by atoms with Crippen molar-refractivity contribution < 1.29 is 14.3 Å². The van der Waals surface area contributed by atoms with E-state index in [9.17, 15) is 9.90 Å². The lowest BCUT2D eigenvalue weighted by Gasteiger charge is -2.19. The number of hydrogen-bond acceptors (Lipinski definition) is 4. The van der Waals surface area contributed by atoms with Crippen LogP contribution in [0.4, 0.5) is 10.1 Å². The molecular weight excluding hydrogens is 467 g/mol. The van der Waals surface area contributed by atoms with E-state index in [1.54, 1.807) is 18.5 Å². The van der Waals surface area contributed by atoms with Crippen molar-refractivity contribution in [3.63, 3.8) is 0 Å². The molecule has 0 spiro atoms. The van der Waals surface area contributed by atoms with Gasteiger partial charge in [-0.05, 0) is 97.3 Å². The lowest BCUT2D eigenvalue weighted by atomic mass is 9.88. The summed E-state index contributed by atoms with van der Waals surface area (Å²) in [6.45, 7) is 4.23. The Kier molecular flexibility index (Phi) is 5.59. The Hall–Kier alpha value is -4.00. The van der Waals surface area contributed by atoms with Crippen molar-refractivity contribution in [3.8, 4) is 22.4 Å². The molecule has 7 heteroatoms. The minimum absolute atomic E-state index is 0.00508. The number of fused-ring (bicyclic) bond motifs is 1. The number of pyridine rings is 1. The molecule has 2 aromatic heterocycles. The van der Waals surface area contributed by atoms with Crippen molar-refractivity contribution in [1.29, 1.82) is 0 Å². The van der Waals surface area contributed by atoms with Gasteiger partial charge in [0, 0.05) is 36.0 Å². The van der Waals surface area contributed by atoms with Gasteiger partial charge in [-0.25, -0.2) is 4.39 Å². The van der Waals surface area contributed by atoms with E-state index in [1.807, 2.05) is 36.0 Å². The van der Waals surface area contributed by atoms with Crippen molar-refractivity contribution in [2.24, 2.45) is 13.0 Å². The van der Waals surface area contributed by atoms with Gasteiger partial charge >= 0.3 is 5.97 Å². The van der Waals surface area contributed by atoms with Crippen LogP contribution < -0.4 is 5.32 Å². The zero-order chi connectivity index (χ0) is 25.8. The summed E-state index contributed by atoms with van der Waals surface area (Å²) in [6.07, 6.45) is 5.75. The zero-order valence-electron chi connectivity index (χ0n) is 21.1. The second-order valence-electron chi connectivity index (χ2n) is 10.3. The number of benzene rings is 2. The van der Waals surface area contributed by atoms with Crippen LogP contribution in [-0.4, -0.2) is 25.8 Å². The molecule has 37 heavy (non-hydrogen) atoms. The summed E-state index contributed by atoms with van der Waals surface area (Å²) in [6, 6.07) is 13.5. The van der Waals surface area contributed by atoms with E-state index in [0.29, 0.717) is 6.42 Å². The Morgan fingerprint density at radius 2 is 1.92 bits per heavy atom. The van der Waals surface area contributed by atoms with Crippen LogP contribution >= 0.6 is 0 Å². The molecule has 0 amide bonds. The van der Waals surface area contributed by atoms with Gasteiger partial charge in [-0.2, -0.15) is 5.10 Å². The smallest absolute Gasteiger partial charge is 0.307 e. The molecule has 0 radical (unpaired) electrons. The van der Waals surface area contributed by atoms with Crippen molar-refractivity contribution >= 4 is 11.7 Å². The topological polar surface area (TPSA) is 80.0 Å². The third-order valence-electron chi connectivity index (χ3n) is 7.87. The maximum atomic E-state index is 15.2. The molecule has 0 bridgehead atoms. The summed E-state index contributed by atoms with van der Waals surface area (Å²) in [7, 11) is 1.94. The van der Waals surface area contributed by atoms with E-state index in [-0.39, 0.29) is 23.7 Å². The Balaban J connectivity index is 1.29. The third kappa shape index (κ3) is 4.08.